The lowest BCUT2D eigenvalue weighted by molar-refractivity contribution is -0.132. The second kappa shape index (κ2) is 7.68. The zero-order valence-electron chi connectivity index (χ0n) is 16.3. The van der Waals surface area contributed by atoms with E-state index in [2.05, 4.69) is 5.32 Å². The molecule has 1 aromatic carbocycles. The third kappa shape index (κ3) is 3.29. The van der Waals surface area contributed by atoms with Gasteiger partial charge >= 0.3 is 0 Å². The molecule has 3 heterocycles. The fraction of sp³-hybridized carbons (Fsp3) is 0.429. The Morgan fingerprint density at radius 3 is 3.00 bits per heavy atom. The monoisotopic (exact) mass is 436 g/mol. The first-order valence-corrected chi connectivity index (χ1v) is 10.1. The molecule has 0 spiro atoms. The van der Waals surface area contributed by atoms with Gasteiger partial charge in [-0.25, -0.2) is 4.39 Å². The van der Waals surface area contributed by atoms with E-state index in [-0.39, 0.29) is 46.8 Å². The quantitative estimate of drug-likeness (QED) is 0.671. The van der Waals surface area contributed by atoms with Gasteiger partial charge in [-0.2, -0.15) is 0 Å². The summed E-state index contributed by atoms with van der Waals surface area (Å²) in [6, 6.07) is 4.43. The molecular weight excluding hydrogens is 415 g/mol. The van der Waals surface area contributed by atoms with E-state index in [1.54, 1.807) is 6.07 Å². The first-order valence-electron chi connectivity index (χ1n) is 9.71. The summed E-state index contributed by atoms with van der Waals surface area (Å²) < 4.78 is 19.8. The second-order valence-corrected chi connectivity index (χ2v) is 8.38. The fourth-order valence-corrected chi connectivity index (χ4v) is 4.44. The Labute approximate surface area is 177 Å². The van der Waals surface area contributed by atoms with Crippen molar-refractivity contribution in [1.82, 2.24) is 10.2 Å². The van der Waals surface area contributed by atoms with E-state index >= 15 is 0 Å². The number of aliphatic hydroxyl groups excluding tert-OH is 2. The number of hydrogen-bond acceptors (Lipinski definition) is 6. The number of rotatable bonds is 3. The smallest absolute Gasteiger partial charge is 0.252 e. The number of fused-ring (bicyclic) bond motifs is 2. The summed E-state index contributed by atoms with van der Waals surface area (Å²) >= 11 is 5.75. The van der Waals surface area contributed by atoms with Crippen LogP contribution in [0.1, 0.15) is 25.3 Å². The summed E-state index contributed by atoms with van der Waals surface area (Å²) in [7, 11) is 0. The molecule has 160 valence electrons. The zero-order valence-corrected chi connectivity index (χ0v) is 17.1. The molecule has 9 heteroatoms. The molecule has 0 aromatic heterocycles. The Morgan fingerprint density at radius 2 is 2.23 bits per heavy atom. The summed E-state index contributed by atoms with van der Waals surface area (Å²) in [6.45, 7) is 2.49. The minimum absolute atomic E-state index is 0.0100. The van der Waals surface area contributed by atoms with Gasteiger partial charge in [0, 0.05) is 24.9 Å². The molecule has 7 nitrogen and oxygen atoms in total. The number of nitrogens with one attached hydrogen (secondary N) is 1. The highest BCUT2D eigenvalue weighted by Gasteiger charge is 2.51. The maximum Gasteiger partial charge on any atom is 0.252 e. The molecule has 1 fully saturated rings. The summed E-state index contributed by atoms with van der Waals surface area (Å²) in [6.07, 6.45) is 0.682. The number of carbonyl (C=O) groups excluding carboxylic acids is 2. The summed E-state index contributed by atoms with van der Waals surface area (Å²) in [4.78, 5) is 26.9. The minimum Gasteiger partial charge on any atom is -0.509 e. The molecule has 1 aromatic rings. The lowest BCUT2D eigenvalue weighted by Gasteiger charge is -2.48. The third-order valence-electron chi connectivity index (χ3n) is 6.09. The van der Waals surface area contributed by atoms with E-state index in [4.69, 9.17) is 16.3 Å². The highest BCUT2D eigenvalue weighted by molar-refractivity contribution is 6.30. The highest BCUT2D eigenvalue weighted by atomic mass is 35.5. The summed E-state index contributed by atoms with van der Waals surface area (Å²) in [5.74, 6) is -2.24. The van der Waals surface area contributed by atoms with E-state index in [1.165, 1.54) is 23.2 Å². The number of amides is 1. The Kier molecular flexibility index (Phi) is 5.34. The van der Waals surface area contributed by atoms with Crippen LogP contribution in [0.4, 0.5) is 4.39 Å². The fourth-order valence-electron chi connectivity index (χ4n) is 4.24. The Bertz CT molecular complexity index is 978. The van der Waals surface area contributed by atoms with Crippen LogP contribution in [0.25, 0.3) is 0 Å². The third-order valence-corrected chi connectivity index (χ3v) is 6.38. The molecular formula is C21H22ClFN2O5. The van der Waals surface area contributed by atoms with E-state index in [0.717, 1.165) is 6.42 Å². The van der Waals surface area contributed by atoms with Gasteiger partial charge in [0.1, 0.15) is 17.3 Å². The van der Waals surface area contributed by atoms with Crippen LogP contribution >= 0.6 is 11.6 Å². The van der Waals surface area contributed by atoms with Crippen molar-refractivity contribution in [2.24, 2.45) is 5.41 Å². The molecule has 1 amide bonds. The van der Waals surface area contributed by atoms with Crippen LogP contribution in [0.5, 0.6) is 0 Å². The van der Waals surface area contributed by atoms with Gasteiger partial charge in [-0.05, 0) is 25.8 Å². The molecule has 4 rings (SSSR count). The minimum atomic E-state index is -1.73. The zero-order chi connectivity index (χ0) is 21.6. The summed E-state index contributed by atoms with van der Waals surface area (Å²) in [5, 5.41) is 23.7. The van der Waals surface area contributed by atoms with Gasteiger partial charge in [0.05, 0.1) is 28.7 Å². The average Bonchev–Trinajstić information content (AvgIpc) is 2.72. The van der Waals surface area contributed by atoms with Crippen molar-refractivity contribution in [1.29, 1.82) is 0 Å². The second-order valence-electron chi connectivity index (χ2n) is 7.98. The van der Waals surface area contributed by atoms with Crippen molar-refractivity contribution in [2.75, 3.05) is 13.2 Å². The van der Waals surface area contributed by atoms with Gasteiger partial charge in [0.25, 0.3) is 5.91 Å². The van der Waals surface area contributed by atoms with Gasteiger partial charge in [0.15, 0.2) is 6.10 Å². The predicted molar refractivity (Wildman–Crippen MR) is 106 cm³/mol. The van der Waals surface area contributed by atoms with E-state index < -0.39 is 29.0 Å². The molecule has 1 saturated heterocycles. The lowest BCUT2D eigenvalue weighted by atomic mass is 9.72. The first kappa shape index (κ1) is 20.8. The normalized spacial score (nSPS) is 28.6. The van der Waals surface area contributed by atoms with Gasteiger partial charge in [-0.1, -0.05) is 23.7 Å². The number of hydrogen-bond donors (Lipinski definition) is 3. The Morgan fingerprint density at radius 1 is 1.47 bits per heavy atom. The molecule has 3 N–H and O–H groups in total. The largest absolute Gasteiger partial charge is 0.509 e. The van der Waals surface area contributed by atoms with Crippen molar-refractivity contribution in [3.8, 4) is 0 Å². The van der Waals surface area contributed by atoms with Crippen molar-refractivity contribution in [2.45, 2.75) is 38.5 Å². The maximum absolute atomic E-state index is 14.0. The number of nitrogens with zero attached hydrogens (tertiary/aromatic N) is 1. The number of Topliss-reactive ketones (excluding diaryl/α,β-unsaturated/α-hetero) is 1. The van der Waals surface area contributed by atoms with Gasteiger partial charge in [0.2, 0.25) is 5.78 Å². The number of ether oxygens (including phenoxy) is 1. The van der Waals surface area contributed by atoms with Crippen LogP contribution in [-0.2, 0) is 20.9 Å². The van der Waals surface area contributed by atoms with Crippen molar-refractivity contribution < 1.29 is 28.9 Å². The molecule has 0 radical (unpaired) electrons. The number of benzene rings is 1. The predicted octanol–water partition coefficient (Wildman–Crippen LogP) is 2.19. The van der Waals surface area contributed by atoms with Crippen LogP contribution in [0.3, 0.4) is 0 Å². The molecule has 30 heavy (non-hydrogen) atoms. The molecule has 0 saturated carbocycles. The Hall–Kier alpha value is -2.42. The number of halogens is 2. The van der Waals surface area contributed by atoms with E-state index in [9.17, 15) is 24.2 Å². The van der Waals surface area contributed by atoms with E-state index in [0.29, 0.717) is 13.0 Å². The number of aliphatic hydroxyl groups is 2. The first-order chi connectivity index (χ1) is 14.2. The highest BCUT2D eigenvalue weighted by Crippen LogP contribution is 2.46. The van der Waals surface area contributed by atoms with Crippen molar-refractivity contribution in [3.05, 3.63) is 57.8 Å². The van der Waals surface area contributed by atoms with Gasteiger partial charge < -0.3 is 25.2 Å². The Balaban J connectivity index is 1.60. The molecule has 3 aliphatic heterocycles. The number of carbonyl (C=O) groups is 2. The van der Waals surface area contributed by atoms with Crippen molar-refractivity contribution >= 4 is 23.3 Å². The summed E-state index contributed by atoms with van der Waals surface area (Å²) in [5.41, 5.74) is -0.727. The average molecular weight is 437 g/mol. The standard InChI is InChI=1S/C21H22ClFN2O5/c1-21-6-3-7-30-14(21)10-25-9-12(17(26)18(27)16(25)19(21)28)20(29)24-8-11-4-2-5-13(22)15(11)23/h2,4-5,9,14,17,26,28H,3,6-8,10H2,1H3,(H,24,29)/t14-,17?,21+/m1/s1. The SMILES string of the molecule is C[C@]12CCCO[C@@H]1CN1C=C(C(=O)NCc3cccc(Cl)c3F)C(O)C(=O)C1=C2O. The van der Waals surface area contributed by atoms with Crippen LogP contribution in [0.15, 0.2) is 41.4 Å². The van der Waals surface area contributed by atoms with Crippen molar-refractivity contribution in [3.63, 3.8) is 0 Å². The lowest BCUT2D eigenvalue weighted by Crippen LogP contribution is -2.55. The molecule has 0 bridgehead atoms. The number of ketones is 1. The van der Waals surface area contributed by atoms with Crippen LogP contribution in [-0.4, -0.2) is 52.2 Å². The van der Waals surface area contributed by atoms with Crippen LogP contribution < -0.4 is 5.32 Å². The van der Waals surface area contributed by atoms with Gasteiger partial charge in [-0.15, -0.1) is 0 Å². The van der Waals surface area contributed by atoms with Crippen LogP contribution in [0.2, 0.25) is 5.02 Å². The van der Waals surface area contributed by atoms with Gasteiger partial charge in [-0.3, -0.25) is 9.59 Å². The molecule has 0 aliphatic carbocycles. The molecule has 3 aliphatic rings. The molecule has 1 unspecified atom stereocenters. The maximum atomic E-state index is 14.0. The molecule has 3 atom stereocenters. The van der Waals surface area contributed by atoms with Crippen LogP contribution in [0, 0.1) is 11.2 Å². The van der Waals surface area contributed by atoms with E-state index in [1.807, 2.05) is 6.92 Å². The topological polar surface area (TPSA) is 99.1 Å².